The highest BCUT2D eigenvalue weighted by Gasteiger charge is 2.35. The maximum Gasteiger partial charge on any atom is 0.233 e. The maximum absolute atomic E-state index is 11.5. The number of carbonyl (C=O) groups is 1. The molecule has 1 saturated heterocycles. The minimum atomic E-state index is 0.105. The van der Waals surface area contributed by atoms with Crippen molar-refractivity contribution in [2.75, 3.05) is 26.7 Å². The van der Waals surface area contributed by atoms with Crippen molar-refractivity contribution in [3.63, 3.8) is 0 Å². The second-order valence-corrected chi connectivity index (χ2v) is 7.79. The van der Waals surface area contributed by atoms with Crippen LogP contribution in [-0.4, -0.2) is 43.5 Å². The van der Waals surface area contributed by atoms with Crippen LogP contribution in [0.5, 0.6) is 0 Å². The largest absolute Gasteiger partial charge is 0.469 e. The standard InChI is InChI=1S/C18H29N3O2/c1-18(2)10-15(14-6-9-23-16(14)11-18)20-13-4-7-21(8-5-13)12-17(22)19-3/h6,9,13,15,20H,4-5,7-8,10-12H2,1-3H3,(H,19,22). The molecular formula is C18H29N3O2. The van der Waals surface area contributed by atoms with E-state index in [1.165, 1.54) is 5.56 Å². The number of rotatable bonds is 4. The first-order valence-electron chi connectivity index (χ1n) is 8.72. The highest BCUT2D eigenvalue weighted by Crippen LogP contribution is 2.41. The zero-order chi connectivity index (χ0) is 16.4. The fourth-order valence-electron chi connectivity index (χ4n) is 3.95. The topological polar surface area (TPSA) is 57.5 Å². The quantitative estimate of drug-likeness (QED) is 0.892. The summed E-state index contributed by atoms with van der Waals surface area (Å²) in [5, 5.41) is 6.56. The second-order valence-electron chi connectivity index (χ2n) is 7.79. The molecule has 0 aromatic carbocycles. The first-order chi connectivity index (χ1) is 11.0. The molecule has 1 fully saturated rings. The van der Waals surface area contributed by atoms with Gasteiger partial charge in [-0.25, -0.2) is 0 Å². The predicted octanol–water partition coefficient (Wildman–Crippen LogP) is 2.09. The number of hydrogen-bond donors (Lipinski definition) is 2. The molecule has 0 spiro atoms. The third-order valence-corrected chi connectivity index (χ3v) is 5.22. The molecule has 2 aliphatic rings. The van der Waals surface area contributed by atoms with Gasteiger partial charge in [0.2, 0.25) is 5.91 Å². The Morgan fingerprint density at radius 3 is 2.83 bits per heavy atom. The minimum Gasteiger partial charge on any atom is -0.469 e. The summed E-state index contributed by atoms with van der Waals surface area (Å²) in [5.74, 6) is 1.25. The third kappa shape index (κ3) is 3.96. The van der Waals surface area contributed by atoms with Crippen molar-refractivity contribution in [3.8, 4) is 0 Å². The molecule has 5 heteroatoms. The van der Waals surface area contributed by atoms with Gasteiger partial charge in [0, 0.05) is 44.2 Å². The molecule has 0 saturated carbocycles. The van der Waals surface area contributed by atoms with Gasteiger partial charge in [0.15, 0.2) is 0 Å². The molecule has 3 rings (SSSR count). The highest BCUT2D eigenvalue weighted by atomic mass is 16.3. The normalized spacial score (nSPS) is 25.1. The van der Waals surface area contributed by atoms with Gasteiger partial charge >= 0.3 is 0 Å². The van der Waals surface area contributed by atoms with E-state index in [0.29, 0.717) is 18.6 Å². The van der Waals surface area contributed by atoms with Crippen molar-refractivity contribution >= 4 is 5.91 Å². The Kier molecular flexibility index (Phi) is 4.78. The minimum absolute atomic E-state index is 0.105. The van der Waals surface area contributed by atoms with Crippen LogP contribution < -0.4 is 10.6 Å². The summed E-state index contributed by atoms with van der Waals surface area (Å²) in [6, 6.07) is 3.05. The smallest absolute Gasteiger partial charge is 0.233 e. The van der Waals surface area contributed by atoms with E-state index < -0.39 is 0 Å². The molecule has 5 nitrogen and oxygen atoms in total. The molecule has 1 unspecified atom stereocenters. The van der Waals surface area contributed by atoms with Crippen molar-refractivity contribution < 1.29 is 9.21 Å². The summed E-state index contributed by atoms with van der Waals surface area (Å²) >= 11 is 0. The molecule has 1 aliphatic heterocycles. The number of carbonyl (C=O) groups excluding carboxylic acids is 1. The van der Waals surface area contributed by atoms with E-state index in [0.717, 1.165) is 44.5 Å². The first kappa shape index (κ1) is 16.5. The summed E-state index contributed by atoms with van der Waals surface area (Å²) in [7, 11) is 1.70. The molecular weight excluding hydrogens is 290 g/mol. The fraction of sp³-hybridized carbons (Fsp3) is 0.722. The summed E-state index contributed by atoms with van der Waals surface area (Å²) < 4.78 is 5.69. The number of furan rings is 1. The van der Waals surface area contributed by atoms with Gasteiger partial charge in [0.05, 0.1) is 12.8 Å². The summed E-state index contributed by atoms with van der Waals surface area (Å²) in [4.78, 5) is 13.7. The molecule has 0 radical (unpaired) electrons. The Labute approximate surface area is 138 Å². The van der Waals surface area contributed by atoms with Crippen molar-refractivity contribution in [2.45, 2.75) is 51.6 Å². The van der Waals surface area contributed by atoms with Crippen LogP contribution in [0.15, 0.2) is 16.7 Å². The van der Waals surface area contributed by atoms with Crippen LogP contribution in [0.25, 0.3) is 0 Å². The molecule has 128 valence electrons. The lowest BCUT2D eigenvalue weighted by atomic mass is 9.74. The number of likely N-dealkylation sites (tertiary alicyclic amines) is 1. The van der Waals surface area contributed by atoms with Crippen molar-refractivity contribution in [3.05, 3.63) is 23.7 Å². The maximum atomic E-state index is 11.5. The average Bonchev–Trinajstić information content (AvgIpc) is 2.96. The zero-order valence-corrected chi connectivity index (χ0v) is 14.5. The van der Waals surface area contributed by atoms with Crippen LogP contribution in [-0.2, 0) is 11.2 Å². The van der Waals surface area contributed by atoms with Gasteiger partial charge in [-0.15, -0.1) is 0 Å². The van der Waals surface area contributed by atoms with Gasteiger partial charge in [0.25, 0.3) is 0 Å². The molecule has 1 aliphatic carbocycles. The zero-order valence-electron chi connectivity index (χ0n) is 14.5. The van der Waals surface area contributed by atoms with Gasteiger partial charge in [-0.1, -0.05) is 13.8 Å². The SMILES string of the molecule is CNC(=O)CN1CCC(NC2CC(C)(C)Cc3occc32)CC1. The van der Waals surface area contributed by atoms with Crippen LogP contribution >= 0.6 is 0 Å². The summed E-state index contributed by atoms with van der Waals surface area (Å²) in [6.45, 7) is 7.13. The van der Waals surface area contributed by atoms with Crippen LogP contribution in [0.2, 0.25) is 0 Å². The third-order valence-electron chi connectivity index (χ3n) is 5.22. The van der Waals surface area contributed by atoms with Crippen LogP contribution in [0.1, 0.15) is 50.5 Å². The lowest BCUT2D eigenvalue weighted by Crippen LogP contribution is -2.47. The van der Waals surface area contributed by atoms with Gasteiger partial charge in [-0.2, -0.15) is 0 Å². The number of amides is 1. The van der Waals surface area contributed by atoms with Crippen LogP contribution in [0.4, 0.5) is 0 Å². The molecule has 1 amide bonds. The molecule has 2 heterocycles. The Hall–Kier alpha value is -1.33. The summed E-state index contributed by atoms with van der Waals surface area (Å²) in [5.41, 5.74) is 1.62. The molecule has 1 aromatic rings. The second kappa shape index (κ2) is 6.65. The first-order valence-corrected chi connectivity index (χ1v) is 8.72. The molecule has 0 bridgehead atoms. The number of fused-ring (bicyclic) bond motifs is 1. The predicted molar refractivity (Wildman–Crippen MR) is 90.2 cm³/mol. The van der Waals surface area contributed by atoms with Gasteiger partial charge in [-0.05, 0) is 30.7 Å². The number of piperidine rings is 1. The molecule has 2 N–H and O–H groups in total. The van der Waals surface area contributed by atoms with Crippen LogP contribution in [0, 0.1) is 5.41 Å². The fourth-order valence-corrected chi connectivity index (χ4v) is 3.95. The average molecular weight is 319 g/mol. The van der Waals surface area contributed by atoms with E-state index in [-0.39, 0.29) is 11.3 Å². The van der Waals surface area contributed by atoms with Gasteiger partial charge in [0.1, 0.15) is 5.76 Å². The number of nitrogens with zero attached hydrogens (tertiary/aromatic N) is 1. The highest BCUT2D eigenvalue weighted by molar-refractivity contribution is 5.77. The Morgan fingerprint density at radius 2 is 2.13 bits per heavy atom. The number of hydrogen-bond acceptors (Lipinski definition) is 4. The molecule has 1 atom stereocenters. The van der Waals surface area contributed by atoms with Crippen molar-refractivity contribution in [2.24, 2.45) is 5.41 Å². The van der Waals surface area contributed by atoms with Gasteiger partial charge < -0.3 is 15.1 Å². The summed E-state index contributed by atoms with van der Waals surface area (Å²) in [6.07, 6.45) is 6.20. The van der Waals surface area contributed by atoms with Gasteiger partial charge in [-0.3, -0.25) is 9.69 Å². The Morgan fingerprint density at radius 1 is 1.39 bits per heavy atom. The van der Waals surface area contributed by atoms with E-state index >= 15 is 0 Å². The van der Waals surface area contributed by atoms with E-state index in [9.17, 15) is 4.79 Å². The van der Waals surface area contributed by atoms with E-state index in [1.54, 1.807) is 7.05 Å². The lowest BCUT2D eigenvalue weighted by Gasteiger charge is -2.39. The number of nitrogens with one attached hydrogen (secondary N) is 2. The Balaban J connectivity index is 1.56. The monoisotopic (exact) mass is 319 g/mol. The van der Waals surface area contributed by atoms with E-state index in [4.69, 9.17) is 4.42 Å². The van der Waals surface area contributed by atoms with Crippen molar-refractivity contribution in [1.29, 1.82) is 0 Å². The number of likely N-dealkylation sites (N-methyl/N-ethyl adjacent to an activating group) is 1. The molecule has 23 heavy (non-hydrogen) atoms. The van der Waals surface area contributed by atoms with E-state index in [1.807, 2.05) is 6.26 Å². The molecule has 1 aromatic heterocycles. The van der Waals surface area contributed by atoms with Crippen LogP contribution in [0.3, 0.4) is 0 Å². The van der Waals surface area contributed by atoms with E-state index in [2.05, 4.69) is 35.4 Å². The lowest BCUT2D eigenvalue weighted by molar-refractivity contribution is -0.122. The Bertz CT molecular complexity index is 544. The van der Waals surface area contributed by atoms with Crippen molar-refractivity contribution in [1.82, 2.24) is 15.5 Å².